The molecule has 1 aliphatic rings. The van der Waals surface area contributed by atoms with E-state index in [1.807, 2.05) is 57.0 Å². The minimum absolute atomic E-state index is 0.0586. The maximum atomic E-state index is 12.6. The molecule has 2 N–H and O–H groups in total. The summed E-state index contributed by atoms with van der Waals surface area (Å²) in [5, 5.41) is 12.7. The molecule has 2 rings (SSSR count). The molecule has 2 atom stereocenters. The highest BCUT2D eigenvalue weighted by atomic mass is 32.2. The number of hydrogen-bond donors (Lipinski definition) is 2. The van der Waals surface area contributed by atoms with Gasteiger partial charge < -0.3 is 15.3 Å². The molecule has 2 unspecified atom stereocenters. The van der Waals surface area contributed by atoms with Crippen molar-refractivity contribution in [3.63, 3.8) is 0 Å². The van der Waals surface area contributed by atoms with Crippen LogP contribution in [0, 0.1) is 5.92 Å². The number of allylic oxidation sites excluding steroid dienone is 1. The molecular weight excluding hydrogens is 332 g/mol. The maximum Gasteiger partial charge on any atom is 0.253 e. The number of benzene rings is 1. The summed E-state index contributed by atoms with van der Waals surface area (Å²) in [7, 11) is 1.92. The van der Waals surface area contributed by atoms with E-state index in [-0.39, 0.29) is 23.8 Å². The van der Waals surface area contributed by atoms with Gasteiger partial charge in [-0.3, -0.25) is 4.79 Å². The fraction of sp³-hybridized carbons (Fsp3) is 0.550. The summed E-state index contributed by atoms with van der Waals surface area (Å²) in [5.74, 6) is 0.274. The lowest BCUT2D eigenvalue weighted by Gasteiger charge is -2.32. The molecule has 0 aromatic heterocycles. The van der Waals surface area contributed by atoms with E-state index in [9.17, 15) is 9.90 Å². The maximum absolute atomic E-state index is 12.6. The number of amides is 1. The van der Waals surface area contributed by atoms with Crippen molar-refractivity contribution in [3.05, 3.63) is 46.9 Å². The van der Waals surface area contributed by atoms with Crippen molar-refractivity contribution >= 4 is 17.7 Å². The second-order valence-corrected chi connectivity index (χ2v) is 7.46. The average Bonchev–Trinajstić information content (AvgIpc) is 2.67. The van der Waals surface area contributed by atoms with Gasteiger partial charge in [0.05, 0.1) is 5.37 Å². The Morgan fingerprint density at radius 3 is 2.56 bits per heavy atom. The van der Waals surface area contributed by atoms with Crippen LogP contribution in [-0.4, -0.2) is 42.7 Å². The molecule has 1 amide bonds. The molecule has 4 nitrogen and oxygen atoms in total. The predicted octanol–water partition coefficient (Wildman–Crippen LogP) is 4.04. The number of likely N-dealkylation sites (tertiary alicyclic amines) is 1. The highest BCUT2D eigenvalue weighted by Gasteiger charge is 2.24. The molecule has 1 aromatic rings. The Morgan fingerprint density at radius 1 is 1.40 bits per heavy atom. The first-order valence-electron chi connectivity index (χ1n) is 9.04. The lowest BCUT2D eigenvalue weighted by atomic mass is 9.98. The van der Waals surface area contributed by atoms with Gasteiger partial charge in [0.1, 0.15) is 0 Å². The van der Waals surface area contributed by atoms with Gasteiger partial charge in [-0.15, -0.1) is 11.8 Å². The van der Waals surface area contributed by atoms with Crippen LogP contribution in [0.15, 0.2) is 35.7 Å². The number of carbonyl (C=O) groups is 1. The van der Waals surface area contributed by atoms with E-state index in [2.05, 4.69) is 11.9 Å². The Labute approximate surface area is 156 Å². The number of nitrogens with zero attached hydrogens (tertiary/aromatic N) is 1. The van der Waals surface area contributed by atoms with Gasteiger partial charge in [0, 0.05) is 25.3 Å². The first kappa shape index (κ1) is 21.7. The molecule has 0 aliphatic carbocycles. The minimum Gasteiger partial charge on any atom is -0.396 e. The zero-order valence-corrected chi connectivity index (χ0v) is 16.7. The molecule has 0 radical (unpaired) electrons. The standard InChI is InChI=1S/C18H26N2O2S.C2H6/c1-13(2)23-17(19-3)15-6-8-16(9-7-15)18(22)20-10-4-5-14(11-20)12-21;1-2/h6-9,14,17,19,21H,1,4-5,10-12H2,2-3H3;1-2H3. The van der Waals surface area contributed by atoms with Crippen LogP contribution in [0.4, 0.5) is 0 Å². The fourth-order valence-electron chi connectivity index (χ4n) is 2.88. The Morgan fingerprint density at radius 2 is 2.04 bits per heavy atom. The Bertz CT molecular complexity index is 545. The van der Waals surface area contributed by atoms with E-state index in [4.69, 9.17) is 0 Å². The van der Waals surface area contributed by atoms with E-state index < -0.39 is 0 Å². The number of thioether (sulfide) groups is 1. The van der Waals surface area contributed by atoms with Crippen molar-refractivity contribution in [2.24, 2.45) is 5.92 Å². The van der Waals surface area contributed by atoms with E-state index in [0.29, 0.717) is 12.1 Å². The Hall–Kier alpha value is -1.30. The van der Waals surface area contributed by atoms with Gasteiger partial charge in [-0.1, -0.05) is 32.6 Å². The molecule has 140 valence electrons. The lowest BCUT2D eigenvalue weighted by molar-refractivity contribution is 0.0620. The molecule has 0 bridgehead atoms. The molecule has 1 aliphatic heterocycles. The van der Waals surface area contributed by atoms with Gasteiger partial charge in [-0.05, 0) is 55.3 Å². The SMILES string of the molecule is C=C(C)SC(NC)c1ccc(C(=O)N2CCCC(CO)C2)cc1.CC. The number of piperidine rings is 1. The topological polar surface area (TPSA) is 52.6 Å². The zero-order chi connectivity index (χ0) is 18.8. The zero-order valence-electron chi connectivity index (χ0n) is 15.9. The largest absolute Gasteiger partial charge is 0.396 e. The highest BCUT2D eigenvalue weighted by Crippen LogP contribution is 2.31. The van der Waals surface area contributed by atoms with Gasteiger partial charge in [0.2, 0.25) is 0 Å². The summed E-state index contributed by atoms with van der Waals surface area (Å²) < 4.78 is 0. The first-order valence-corrected chi connectivity index (χ1v) is 9.92. The van der Waals surface area contributed by atoms with E-state index in [1.165, 1.54) is 0 Å². The summed E-state index contributed by atoms with van der Waals surface area (Å²) in [6, 6.07) is 7.78. The number of nitrogens with one attached hydrogen (secondary N) is 1. The molecule has 1 saturated heterocycles. The first-order chi connectivity index (χ1) is 12.0. The van der Waals surface area contributed by atoms with Crippen LogP contribution in [0.2, 0.25) is 0 Å². The molecule has 1 heterocycles. The number of rotatable bonds is 6. The normalized spacial score (nSPS) is 18.1. The number of carbonyl (C=O) groups excluding carboxylic acids is 1. The molecule has 0 saturated carbocycles. The summed E-state index contributed by atoms with van der Waals surface area (Å²) in [6.07, 6.45) is 1.97. The Kier molecular flexibility index (Phi) is 9.86. The van der Waals surface area contributed by atoms with Crippen LogP contribution in [0.5, 0.6) is 0 Å². The monoisotopic (exact) mass is 364 g/mol. The molecule has 5 heteroatoms. The number of aliphatic hydroxyl groups excluding tert-OH is 1. The van der Waals surface area contributed by atoms with Gasteiger partial charge in [-0.2, -0.15) is 0 Å². The fourth-order valence-corrected chi connectivity index (χ4v) is 3.69. The molecule has 1 fully saturated rings. The minimum atomic E-state index is 0.0586. The average molecular weight is 365 g/mol. The number of hydrogen-bond acceptors (Lipinski definition) is 4. The van der Waals surface area contributed by atoms with Crippen molar-refractivity contribution in [2.75, 3.05) is 26.7 Å². The summed E-state index contributed by atoms with van der Waals surface area (Å²) in [5.41, 5.74) is 1.84. The van der Waals surface area contributed by atoms with Crippen molar-refractivity contribution in [1.29, 1.82) is 0 Å². The van der Waals surface area contributed by atoms with Crippen LogP contribution < -0.4 is 5.32 Å². The van der Waals surface area contributed by atoms with Crippen LogP contribution in [0.3, 0.4) is 0 Å². The van der Waals surface area contributed by atoms with Crippen molar-refractivity contribution in [3.8, 4) is 0 Å². The van der Waals surface area contributed by atoms with Crippen LogP contribution in [-0.2, 0) is 0 Å². The summed E-state index contributed by atoms with van der Waals surface area (Å²) in [6.45, 7) is 11.5. The second-order valence-electron chi connectivity index (χ2n) is 6.05. The van der Waals surface area contributed by atoms with Gasteiger partial charge in [0.15, 0.2) is 0 Å². The van der Waals surface area contributed by atoms with Crippen molar-refractivity contribution in [1.82, 2.24) is 10.2 Å². The summed E-state index contributed by atoms with van der Waals surface area (Å²) in [4.78, 5) is 15.5. The molecular formula is C20H32N2O2S. The highest BCUT2D eigenvalue weighted by molar-refractivity contribution is 8.03. The van der Waals surface area contributed by atoms with E-state index in [0.717, 1.165) is 29.9 Å². The summed E-state index contributed by atoms with van der Waals surface area (Å²) >= 11 is 1.67. The van der Waals surface area contributed by atoms with Gasteiger partial charge >= 0.3 is 0 Å². The third kappa shape index (κ3) is 6.49. The van der Waals surface area contributed by atoms with Crippen molar-refractivity contribution < 1.29 is 9.90 Å². The quantitative estimate of drug-likeness (QED) is 0.748. The molecule has 0 spiro atoms. The van der Waals surface area contributed by atoms with E-state index >= 15 is 0 Å². The molecule has 1 aromatic carbocycles. The third-order valence-corrected chi connectivity index (χ3v) is 5.25. The van der Waals surface area contributed by atoms with Crippen molar-refractivity contribution in [2.45, 2.75) is 39.0 Å². The molecule has 25 heavy (non-hydrogen) atoms. The van der Waals surface area contributed by atoms with Crippen LogP contribution >= 0.6 is 11.8 Å². The second kappa shape index (κ2) is 11.3. The van der Waals surface area contributed by atoms with Gasteiger partial charge in [0.25, 0.3) is 5.91 Å². The lowest BCUT2D eigenvalue weighted by Crippen LogP contribution is -2.40. The van der Waals surface area contributed by atoms with E-state index in [1.54, 1.807) is 11.8 Å². The third-order valence-electron chi connectivity index (χ3n) is 4.11. The van der Waals surface area contributed by atoms with Crippen LogP contribution in [0.25, 0.3) is 0 Å². The predicted molar refractivity (Wildman–Crippen MR) is 108 cm³/mol. The van der Waals surface area contributed by atoms with Crippen LogP contribution in [0.1, 0.15) is 54.9 Å². The van der Waals surface area contributed by atoms with Gasteiger partial charge in [-0.25, -0.2) is 0 Å². The number of aliphatic hydroxyl groups is 1. The Balaban J connectivity index is 0.00000151. The smallest absolute Gasteiger partial charge is 0.253 e.